The number of para-hydroxylation sites is 1. The number of halogens is 3. The van der Waals surface area contributed by atoms with Gasteiger partial charge in [0.1, 0.15) is 18.2 Å². The number of nitrogens with one attached hydrogen (secondary N) is 2. The summed E-state index contributed by atoms with van der Waals surface area (Å²) in [5.41, 5.74) is 3.12. The third-order valence-electron chi connectivity index (χ3n) is 4.67. The van der Waals surface area contributed by atoms with Gasteiger partial charge in [0, 0.05) is 11.1 Å². The van der Waals surface area contributed by atoms with Crippen molar-refractivity contribution < 1.29 is 27.8 Å². The molecular weight excluding hydrogens is 468 g/mol. The molecule has 0 radical (unpaired) electrons. The van der Waals surface area contributed by atoms with Crippen LogP contribution in [-0.4, -0.2) is 24.6 Å². The van der Waals surface area contributed by atoms with Crippen LogP contribution >= 0.6 is 11.6 Å². The minimum atomic E-state index is -1.07. The van der Waals surface area contributed by atoms with E-state index in [4.69, 9.17) is 21.1 Å². The SMILES string of the molecule is COc1cc(/C(C)=N/NC(=O)C(=O)Nc2ccccc2F)ccc1OCc1c(F)cccc1Cl. The standard InChI is InChI=1S/C24H20ClF2N3O4/c1-14(29-30-24(32)23(31)28-20-9-4-3-7-19(20)27)15-10-11-21(22(12-15)33-2)34-13-16-17(25)6-5-8-18(16)26/h3-12H,13H2,1-2H3,(H,28,31)(H,30,32)/b29-14+. The van der Waals surface area contributed by atoms with Crippen LogP contribution in [0.4, 0.5) is 14.5 Å². The van der Waals surface area contributed by atoms with Crippen LogP contribution in [0.25, 0.3) is 0 Å². The summed E-state index contributed by atoms with van der Waals surface area (Å²) in [6.07, 6.45) is 0. The quantitative estimate of drug-likeness (QED) is 0.287. The normalized spacial score (nSPS) is 11.0. The van der Waals surface area contributed by atoms with E-state index in [1.54, 1.807) is 31.2 Å². The zero-order valence-electron chi connectivity index (χ0n) is 18.2. The van der Waals surface area contributed by atoms with E-state index in [1.807, 2.05) is 0 Å². The van der Waals surface area contributed by atoms with Crippen molar-refractivity contribution in [3.63, 3.8) is 0 Å². The Labute approximate surface area is 199 Å². The first-order valence-corrected chi connectivity index (χ1v) is 10.3. The zero-order chi connectivity index (χ0) is 24.7. The van der Waals surface area contributed by atoms with Crippen LogP contribution < -0.4 is 20.2 Å². The van der Waals surface area contributed by atoms with Crippen molar-refractivity contribution in [1.82, 2.24) is 5.43 Å². The van der Waals surface area contributed by atoms with E-state index in [9.17, 15) is 18.4 Å². The van der Waals surface area contributed by atoms with Gasteiger partial charge in [-0.2, -0.15) is 5.10 Å². The smallest absolute Gasteiger partial charge is 0.329 e. The summed E-state index contributed by atoms with van der Waals surface area (Å²) in [5, 5.41) is 6.31. The summed E-state index contributed by atoms with van der Waals surface area (Å²) in [6, 6.07) is 14.6. The third-order valence-corrected chi connectivity index (χ3v) is 5.02. The molecule has 0 atom stereocenters. The predicted molar refractivity (Wildman–Crippen MR) is 124 cm³/mol. The minimum Gasteiger partial charge on any atom is -0.493 e. The molecule has 0 aromatic heterocycles. The molecule has 3 rings (SSSR count). The van der Waals surface area contributed by atoms with Gasteiger partial charge in [0.25, 0.3) is 0 Å². The van der Waals surface area contributed by atoms with Crippen LogP contribution in [0, 0.1) is 11.6 Å². The van der Waals surface area contributed by atoms with Gasteiger partial charge in [0.05, 0.1) is 23.5 Å². The van der Waals surface area contributed by atoms with Gasteiger partial charge in [0.15, 0.2) is 11.5 Å². The number of hydrogen-bond donors (Lipinski definition) is 2. The number of anilines is 1. The summed E-state index contributed by atoms with van der Waals surface area (Å²) in [6.45, 7) is 1.49. The number of rotatable bonds is 7. The summed E-state index contributed by atoms with van der Waals surface area (Å²) < 4.78 is 38.6. The largest absolute Gasteiger partial charge is 0.493 e. The van der Waals surface area contributed by atoms with Crippen molar-refractivity contribution >= 4 is 34.8 Å². The molecular formula is C24H20ClF2N3O4. The predicted octanol–water partition coefficient (Wildman–Crippen LogP) is 4.68. The molecule has 0 aliphatic heterocycles. The number of nitrogens with zero attached hydrogens (tertiary/aromatic N) is 1. The lowest BCUT2D eigenvalue weighted by Crippen LogP contribution is -2.33. The topological polar surface area (TPSA) is 89.0 Å². The summed E-state index contributed by atoms with van der Waals surface area (Å²) in [4.78, 5) is 24.0. The molecule has 3 aromatic carbocycles. The average molecular weight is 488 g/mol. The Kier molecular flexibility index (Phi) is 8.15. The molecule has 176 valence electrons. The first kappa shape index (κ1) is 24.7. The molecule has 0 bridgehead atoms. The number of carbonyl (C=O) groups excluding carboxylic acids is 2. The molecule has 0 saturated carbocycles. The second-order valence-corrected chi connectivity index (χ2v) is 7.33. The highest BCUT2D eigenvalue weighted by atomic mass is 35.5. The Hall–Kier alpha value is -3.98. The maximum absolute atomic E-state index is 14.0. The number of hydrogen-bond acceptors (Lipinski definition) is 5. The van der Waals surface area contributed by atoms with Crippen LogP contribution in [0.15, 0.2) is 65.8 Å². The van der Waals surface area contributed by atoms with E-state index >= 15 is 0 Å². The van der Waals surface area contributed by atoms with Crippen molar-refractivity contribution in [3.8, 4) is 11.5 Å². The Morgan fingerprint density at radius 2 is 1.71 bits per heavy atom. The Morgan fingerprint density at radius 1 is 0.971 bits per heavy atom. The van der Waals surface area contributed by atoms with Crippen molar-refractivity contribution in [3.05, 3.63) is 88.4 Å². The Bertz CT molecular complexity index is 1230. The lowest BCUT2D eigenvalue weighted by atomic mass is 10.1. The lowest BCUT2D eigenvalue weighted by molar-refractivity contribution is -0.136. The van der Waals surface area contributed by atoms with E-state index in [1.165, 1.54) is 37.4 Å². The fourth-order valence-corrected chi connectivity index (χ4v) is 3.04. The number of hydrazone groups is 1. The first-order valence-electron chi connectivity index (χ1n) is 9.94. The van der Waals surface area contributed by atoms with Crippen LogP contribution in [-0.2, 0) is 16.2 Å². The van der Waals surface area contributed by atoms with Crippen LogP contribution in [0.3, 0.4) is 0 Å². The van der Waals surface area contributed by atoms with E-state index in [-0.39, 0.29) is 22.9 Å². The van der Waals surface area contributed by atoms with Gasteiger partial charge in [-0.3, -0.25) is 9.59 Å². The molecule has 0 spiro atoms. The van der Waals surface area contributed by atoms with Gasteiger partial charge < -0.3 is 14.8 Å². The molecule has 0 aliphatic rings. The summed E-state index contributed by atoms with van der Waals surface area (Å²) >= 11 is 6.02. The minimum absolute atomic E-state index is 0.110. The van der Waals surface area contributed by atoms with Crippen molar-refractivity contribution in [2.75, 3.05) is 12.4 Å². The number of ether oxygens (including phenoxy) is 2. The van der Waals surface area contributed by atoms with Gasteiger partial charge in [-0.1, -0.05) is 29.8 Å². The van der Waals surface area contributed by atoms with Crippen molar-refractivity contribution in [1.29, 1.82) is 0 Å². The molecule has 0 unspecified atom stereocenters. The molecule has 0 fully saturated rings. The van der Waals surface area contributed by atoms with E-state index in [0.717, 1.165) is 6.07 Å². The van der Waals surface area contributed by atoms with Crippen LogP contribution in [0.5, 0.6) is 11.5 Å². The summed E-state index contributed by atoms with van der Waals surface area (Å²) in [7, 11) is 1.43. The summed E-state index contributed by atoms with van der Waals surface area (Å²) in [5.74, 6) is -2.63. The molecule has 0 aliphatic carbocycles. The number of amides is 2. The van der Waals surface area contributed by atoms with E-state index < -0.39 is 23.4 Å². The number of carbonyl (C=O) groups is 2. The fraction of sp³-hybridized carbons (Fsp3) is 0.125. The number of benzene rings is 3. The second kappa shape index (κ2) is 11.2. The first-order chi connectivity index (χ1) is 16.3. The molecule has 34 heavy (non-hydrogen) atoms. The Morgan fingerprint density at radius 3 is 2.41 bits per heavy atom. The molecule has 0 heterocycles. The van der Waals surface area contributed by atoms with Gasteiger partial charge >= 0.3 is 11.8 Å². The van der Waals surface area contributed by atoms with Crippen molar-refractivity contribution in [2.24, 2.45) is 5.10 Å². The molecule has 2 N–H and O–H groups in total. The molecule has 0 saturated heterocycles. The van der Waals surface area contributed by atoms with Crippen molar-refractivity contribution in [2.45, 2.75) is 13.5 Å². The van der Waals surface area contributed by atoms with Gasteiger partial charge in [0.2, 0.25) is 0 Å². The molecule has 3 aromatic rings. The fourth-order valence-electron chi connectivity index (χ4n) is 2.82. The third kappa shape index (κ3) is 6.08. The van der Waals surface area contributed by atoms with E-state index in [2.05, 4.69) is 15.8 Å². The highest BCUT2D eigenvalue weighted by Gasteiger charge is 2.16. The van der Waals surface area contributed by atoms with E-state index in [0.29, 0.717) is 22.8 Å². The maximum atomic E-state index is 14.0. The van der Waals surface area contributed by atoms with Gasteiger partial charge in [-0.15, -0.1) is 0 Å². The lowest BCUT2D eigenvalue weighted by Gasteiger charge is -2.13. The maximum Gasteiger partial charge on any atom is 0.329 e. The molecule has 2 amide bonds. The monoisotopic (exact) mass is 487 g/mol. The zero-order valence-corrected chi connectivity index (χ0v) is 19.0. The van der Waals surface area contributed by atoms with Gasteiger partial charge in [-0.25, -0.2) is 14.2 Å². The Balaban J connectivity index is 1.66. The highest BCUT2D eigenvalue weighted by Crippen LogP contribution is 2.30. The average Bonchev–Trinajstić information content (AvgIpc) is 2.83. The van der Waals surface area contributed by atoms with Crippen LogP contribution in [0.2, 0.25) is 5.02 Å². The van der Waals surface area contributed by atoms with Crippen LogP contribution in [0.1, 0.15) is 18.1 Å². The molecule has 10 heteroatoms. The number of methoxy groups -OCH3 is 1. The highest BCUT2D eigenvalue weighted by molar-refractivity contribution is 6.39. The molecule has 7 nitrogen and oxygen atoms in total. The second-order valence-electron chi connectivity index (χ2n) is 6.93. The van der Waals surface area contributed by atoms with Gasteiger partial charge in [-0.05, 0) is 49.4 Å².